The van der Waals surface area contributed by atoms with E-state index in [2.05, 4.69) is 49.6 Å². The van der Waals surface area contributed by atoms with Gasteiger partial charge in [0, 0.05) is 63.6 Å². The van der Waals surface area contributed by atoms with Crippen LogP contribution in [0.25, 0.3) is 0 Å². The van der Waals surface area contributed by atoms with E-state index in [9.17, 15) is 14.4 Å². The lowest BCUT2D eigenvalue weighted by Gasteiger charge is -2.26. The van der Waals surface area contributed by atoms with Gasteiger partial charge in [0.15, 0.2) is 11.9 Å². The van der Waals surface area contributed by atoms with Gasteiger partial charge in [0.25, 0.3) is 5.91 Å². The smallest absolute Gasteiger partial charge is 0.253 e. The number of nitrogens with two attached hydrogens (primary N) is 6. The van der Waals surface area contributed by atoms with Crippen LogP contribution in [0.3, 0.4) is 0 Å². The Hall–Kier alpha value is -5.29. The third kappa shape index (κ3) is 31.2. The van der Waals surface area contributed by atoms with E-state index >= 15 is 0 Å². The van der Waals surface area contributed by atoms with Crippen molar-refractivity contribution in [2.45, 2.75) is 193 Å². The molecule has 0 aromatic heterocycles. The monoisotopic (exact) mass is 1000 g/mol. The number of rotatable bonds is 44. The summed E-state index contributed by atoms with van der Waals surface area (Å²) in [6.07, 6.45) is 28.8. The molecule has 0 heterocycles. The zero-order chi connectivity index (χ0) is 52.4. The predicted octanol–water partition coefficient (Wildman–Crippen LogP) is 9.28. The highest BCUT2D eigenvalue weighted by Crippen LogP contribution is 2.22. The van der Waals surface area contributed by atoms with E-state index in [1.54, 1.807) is 4.90 Å². The van der Waals surface area contributed by atoms with E-state index in [0.717, 1.165) is 31.6 Å². The minimum atomic E-state index is -0.707. The molecule has 2 rings (SSSR count). The quantitative estimate of drug-likeness (QED) is 0.0135. The molecule has 0 bridgehead atoms. The molecule has 2 aromatic carbocycles. The molecule has 0 unspecified atom stereocenters. The van der Waals surface area contributed by atoms with Gasteiger partial charge in [0.1, 0.15) is 0 Å². The van der Waals surface area contributed by atoms with Gasteiger partial charge in [0.05, 0.1) is 23.5 Å². The summed E-state index contributed by atoms with van der Waals surface area (Å²) >= 11 is 0. The average Bonchev–Trinajstić information content (AvgIpc) is 3.37. The maximum atomic E-state index is 13.8. The van der Waals surface area contributed by atoms with Crippen molar-refractivity contribution in [1.82, 2.24) is 15.1 Å². The number of hydrogen-bond donors (Lipinski definition) is 8. The van der Waals surface area contributed by atoms with Crippen molar-refractivity contribution < 1.29 is 14.4 Å². The Balaban J connectivity index is 1.91. The Bertz CT molecular complexity index is 1780. The van der Waals surface area contributed by atoms with E-state index in [0.29, 0.717) is 94.7 Å². The Labute approximate surface area is 434 Å². The van der Waals surface area contributed by atoms with Crippen LogP contribution < -0.4 is 45.0 Å². The fraction of sp³-hybridized carbons (Fsp3) is 0.691. The van der Waals surface area contributed by atoms with Gasteiger partial charge in [-0.1, -0.05) is 129 Å². The molecule has 3 amide bonds. The first kappa shape index (κ1) is 62.8. The molecule has 0 aliphatic carbocycles. The first-order valence-corrected chi connectivity index (χ1v) is 27.8. The van der Waals surface area contributed by atoms with Crippen LogP contribution in [0.5, 0.6) is 0 Å². The van der Waals surface area contributed by atoms with Gasteiger partial charge in [-0.05, 0) is 99.9 Å². The largest absolute Gasteiger partial charge is 0.385 e. The molecule has 17 heteroatoms. The average molecular weight is 1000 g/mol. The summed E-state index contributed by atoms with van der Waals surface area (Å²) in [4.78, 5) is 51.6. The molecule has 0 aliphatic heterocycles. The summed E-state index contributed by atoms with van der Waals surface area (Å²) in [6, 6.07) is 13.8. The number of aliphatic imine (C=N–C) groups is 2. The summed E-state index contributed by atoms with van der Waals surface area (Å²) in [5, 5.41) is 15.2. The number of nitrogens with zero attached hydrogens (tertiary/aromatic N) is 6. The first-order chi connectivity index (χ1) is 34.9. The van der Waals surface area contributed by atoms with Gasteiger partial charge in [-0.15, -0.1) is 0 Å². The summed E-state index contributed by atoms with van der Waals surface area (Å²) in [5.74, 6) is -0.328. The lowest BCUT2D eigenvalue weighted by Crippen LogP contribution is -2.46. The zero-order valence-corrected chi connectivity index (χ0v) is 44.7. The van der Waals surface area contributed by atoms with E-state index < -0.39 is 12.1 Å². The number of unbranched alkanes of at least 4 members (excludes halogenated alkanes) is 18. The molecule has 0 fully saturated rings. The van der Waals surface area contributed by atoms with Gasteiger partial charge in [-0.3, -0.25) is 24.4 Å². The molecule has 17 nitrogen and oxygen atoms in total. The standard InChI is InChI=1S/C55H98N14O3/c1-3-5-7-9-11-13-15-17-19-21-41-68(42-22-20-18-16-14-12-10-8-6-4-2)52(71)45-29-31-47(32-30-45)66-67-48-35-33-46(34-36-48)62-39-25-43-69(53(72)50(57)28-24-38-65-55(60)61)44-26-40-63-51(70)49(56)27-23-37-64-54(58)59/h29-36,49-50,62H,3-28,37-44,56-57H2,1-2H3,(H,63,70)(H4,58,59,64)(H4,60,61,65)/t49-,50-/m0/s1. The summed E-state index contributed by atoms with van der Waals surface area (Å²) in [5.41, 5.74) is 36.9. The minimum absolute atomic E-state index is 0.000107. The lowest BCUT2D eigenvalue weighted by atomic mass is 10.1. The Morgan fingerprint density at radius 1 is 0.486 bits per heavy atom. The van der Waals surface area contributed by atoms with Gasteiger partial charge in [-0.25, -0.2) is 0 Å². The molecule has 0 saturated carbocycles. The number of hydrogen-bond acceptors (Lipinski definition) is 10. The molecule has 72 heavy (non-hydrogen) atoms. The molecule has 0 aliphatic rings. The van der Waals surface area contributed by atoms with Crippen molar-refractivity contribution in [2.75, 3.05) is 57.7 Å². The van der Waals surface area contributed by atoms with Gasteiger partial charge >= 0.3 is 0 Å². The molecule has 0 spiro atoms. The normalized spacial score (nSPS) is 12.1. The van der Waals surface area contributed by atoms with Crippen LogP contribution in [0.2, 0.25) is 0 Å². The number of carbonyl (C=O) groups is 3. The Morgan fingerprint density at radius 3 is 1.35 bits per heavy atom. The number of anilines is 1. The summed E-state index contributed by atoms with van der Waals surface area (Å²) in [6.45, 7) is 8.78. The first-order valence-electron chi connectivity index (χ1n) is 27.8. The minimum Gasteiger partial charge on any atom is -0.385 e. The maximum Gasteiger partial charge on any atom is 0.253 e. The van der Waals surface area contributed by atoms with Gasteiger partial charge in [0.2, 0.25) is 11.8 Å². The highest BCUT2D eigenvalue weighted by Gasteiger charge is 2.21. The van der Waals surface area contributed by atoms with Crippen LogP contribution in [0.1, 0.15) is 191 Å². The van der Waals surface area contributed by atoms with Crippen LogP contribution in [0.4, 0.5) is 17.1 Å². The zero-order valence-electron chi connectivity index (χ0n) is 44.7. The molecule has 2 atom stereocenters. The topological polar surface area (TPSA) is 287 Å². The van der Waals surface area contributed by atoms with Crippen molar-refractivity contribution in [2.24, 2.45) is 54.6 Å². The van der Waals surface area contributed by atoms with Crippen LogP contribution in [0.15, 0.2) is 68.7 Å². The third-order valence-electron chi connectivity index (χ3n) is 12.9. The number of amides is 3. The number of azo groups is 1. The second-order valence-corrected chi connectivity index (χ2v) is 19.3. The molecule has 14 N–H and O–H groups in total. The van der Waals surface area contributed by atoms with Crippen molar-refractivity contribution in [3.05, 3.63) is 54.1 Å². The molecule has 2 aromatic rings. The van der Waals surface area contributed by atoms with E-state index in [4.69, 9.17) is 34.4 Å². The second-order valence-electron chi connectivity index (χ2n) is 19.3. The Morgan fingerprint density at radius 2 is 0.889 bits per heavy atom. The van der Waals surface area contributed by atoms with Crippen molar-refractivity contribution in [1.29, 1.82) is 0 Å². The molecular weight excluding hydrogens is 905 g/mol. The second kappa shape index (κ2) is 41.2. The fourth-order valence-corrected chi connectivity index (χ4v) is 8.48. The summed E-state index contributed by atoms with van der Waals surface area (Å²) < 4.78 is 0. The molecular formula is C55H98N14O3. The van der Waals surface area contributed by atoms with Crippen LogP contribution in [0, 0.1) is 0 Å². The number of guanidine groups is 2. The predicted molar refractivity (Wildman–Crippen MR) is 300 cm³/mol. The highest BCUT2D eigenvalue weighted by atomic mass is 16.2. The van der Waals surface area contributed by atoms with E-state index in [1.807, 2.05) is 48.5 Å². The van der Waals surface area contributed by atoms with E-state index in [-0.39, 0.29) is 29.6 Å². The van der Waals surface area contributed by atoms with Crippen LogP contribution in [-0.2, 0) is 9.59 Å². The Kier molecular flexibility index (Phi) is 36.0. The molecule has 0 radical (unpaired) electrons. The fourth-order valence-electron chi connectivity index (χ4n) is 8.48. The maximum absolute atomic E-state index is 13.8. The van der Waals surface area contributed by atoms with Crippen molar-refractivity contribution in [3.8, 4) is 0 Å². The SMILES string of the molecule is CCCCCCCCCCCCN(CCCCCCCCCCCC)C(=O)c1ccc(N=Nc2ccc(NCCCN(CCCNC(=O)[C@@H](N)CCCN=C(N)N)C(=O)[C@@H](N)CCCN=C(N)N)cc2)cc1. The van der Waals surface area contributed by atoms with Gasteiger partial charge < -0.3 is 54.8 Å². The highest BCUT2D eigenvalue weighted by molar-refractivity contribution is 5.94. The van der Waals surface area contributed by atoms with Gasteiger partial charge in [-0.2, -0.15) is 10.2 Å². The molecule has 406 valence electrons. The number of carbonyl (C=O) groups excluding carboxylic acids is 3. The third-order valence-corrected chi connectivity index (χ3v) is 12.9. The molecule has 0 saturated heterocycles. The van der Waals surface area contributed by atoms with Crippen molar-refractivity contribution >= 4 is 46.7 Å². The lowest BCUT2D eigenvalue weighted by molar-refractivity contribution is -0.132. The van der Waals surface area contributed by atoms with Crippen molar-refractivity contribution in [3.63, 3.8) is 0 Å². The van der Waals surface area contributed by atoms with E-state index in [1.165, 1.54) is 116 Å². The number of benzene rings is 2. The van der Waals surface area contributed by atoms with Crippen LogP contribution >= 0.6 is 0 Å². The van der Waals surface area contributed by atoms with Crippen LogP contribution in [-0.4, -0.2) is 104 Å². The number of nitrogens with one attached hydrogen (secondary N) is 2. The summed E-state index contributed by atoms with van der Waals surface area (Å²) in [7, 11) is 0.